The highest BCUT2D eigenvalue weighted by molar-refractivity contribution is 7.89. The fourth-order valence-electron chi connectivity index (χ4n) is 5.14. The van der Waals surface area contributed by atoms with Crippen LogP contribution in [0.25, 0.3) is 11.3 Å². The molecule has 0 aliphatic carbocycles. The summed E-state index contributed by atoms with van der Waals surface area (Å²) in [6, 6.07) is 16.9. The monoisotopic (exact) mass is 563 g/mol. The van der Waals surface area contributed by atoms with Gasteiger partial charge in [-0.25, -0.2) is 13.1 Å². The Kier molecular flexibility index (Phi) is 8.77. The van der Waals surface area contributed by atoms with Gasteiger partial charge in [-0.15, -0.1) is 0 Å². The number of amides is 1. The molecule has 0 radical (unpaired) electrons. The Bertz CT molecular complexity index is 1440. The van der Waals surface area contributed by atoms with Crippen LogP contribution in [0.2, 0.25) is 0 Å². The van der Waals surface area contributed by atoms with Gasteiger partial charge >= 0.3 is 0 Å². The lowest BCUT2D eigenvalue weighted by molar-refractivity contribution is -0.114. The Morgan fingerprint density at radius 1 is 1.10 bits per heavy atom. The number of nitrogens with two attached hydrogens (primary N) is 1. The lowest BCUT2D eigenvalue weighted by Gasteiger charge is -2.23. The Labute approximate surface area is 235 Å². The average Bonchev–Trinajstić information content (AvgIpc) is 3.53. The highest BCUT2D eigenvalue weighted by Crippen LogP contribution is 2.27. The van der Waals surface area contributed by atoms with Crippen molar-refractivity contribution in [3.63, 3.8) is 0 Å². The van der Waals surface area contributed by atoms with E-state index in [1.807, 2.05) is 18.2 Å². The summed E-state index contributed by atoms with van der Waals surface area (Å²) in [5.74, 6) is 0.317. The summed E-state index contributed by atoms with van der Waals surface area (Å²) in [5.41, 5.74) is 10.3. The summed E-state index contributed by atoms with van der Waals surface area (Å²) in [6.45, 7) is 5.88. The minimum atomic E-state index is -3.60. The number of aromatic nitrogens is 1. The summed E-state index contributed by atoms with van der Waals surface area (Å²) in [5, 5.41) is 6.06. The molecule has 2 saturated heterocycles. The van der Waals surface area contributed by atoms with Crippen molar-refractivity contribution in [2.75, 3.05) is 31.5 Å². The number of rotatable bonds is 9. The summed E-state index contributed by atoms with van der Waals surface area (Å²) in [4.78, 5) is 22.3. The standard InChI is InChI=1S/C29H37N7O3S/c1-20(37)33-29-23(17-32-25-6-2-21(3-7-25)18-36-15-12-24(30)19-36)16-28(34-29)22-4-8-27(9-5-22)40(38,39)35-26-10-13-31-14-11-26/h2-9,16-17,24,26,31,34-35H,10-15,18-19,30H2,1H3,(H,33,37)/t24-/m1/s1. The van der Waals surface area contributed by atoms with Crippen molar-refractivity contribution in [3.8, 4) is 11.3 Å². The van der Waals surface area contributed by atoms with E-state index < -0.39 is 10.0 Å². The van der Waals surface area contributed by atoms with Crippen molar-refractivity contribution >= 4 is 33.7 Å². The fourth-order valence-corrected chi connectivity index (χ4v) is 6.45. The molecule has 0 bridgehead atoms. The maximum Gasteiger partial charge on any atom is 0.240 e. The Hall–Kier alpha value is -3.35. The number of carbonyl (C=O) groups is 1. The van der Waals surface area contributed by atoms with E-state index in [4.69, 9.17) is 5.73 Å². The molecule has 3 aromatic rings. The molecule has 2 aliphatic rings. The number of carbonyl (C=O) groups excluding carboxylic acids is 1. The number of aliphatic imine (C=N–C) groups is 1. The number of likely N-dealkylation sites (tertiary alicyclic amines) is 1. The van der Waals surface area contributed by atoms with Crippen molar-refractivity contribution in [2.45, 2.75) is 49.7 Å². The molecule has 11 heteroatoms. The molecule has 2 aliphatic heterocycles. The molecule has 1 aromatic heterocycles. The predicted molar refractivity (Wildman–Crippen MR) is 158 cm³/mol. The smallest absolute Gasteiger partial charge is 0.240 e. The number of aromatic amines is 1. The number of piperidine rings is 1. The van der Waals surface area contributed by atoms with Crippen LogP contribution in [0, 0.1) is 0 Å². The number of hydrogen-bond acceptors (Lipinski definition) is 7. The maximum absolute atomic E-state index is 12.9. The molecule has 40 heavy (non-hydrogen) atoms. The fraction of sp³-hybridized carbons (Fsp3) is 0.379. The molecule has 2 fully saturated rings. The predicted octanol–water partition coefficient (Wildman–Crippen LogP) is 2.95. The topological polar surface area (TPSA) is 145 Å². The van der Waals surface area contributed by atoms with Crippen LogP contribution in [0.3, 0.4) is 0 Å². The van der Waals surface area contributed by atoms with Gasteiger partial charge in [0, 0.05) is 56.1 Å². The first kappa shape index (κ1) is 28.2. The molecular formula is C29H37N7O3S. The molecule has 3 heterocycles. The molecule has 1 atom stereocenters. The van der Waals surface area contributed by atoms with Gasteiger partial charge in [-0.2, -0.15) is 0 Å². The number of benzene rings is 2. The van der Waals surface area contributed by atoms with Gasteiger partial charge < -0.3 is 21.4 Å². The summed E-state index contributed by atoms with van der Waals surface area (Å²) < 4.78 is 28.5. The van der Waals surface area contributed by atoms with Gasteiger partial charge in [0.2, 0.25) is 15.9 Å². The van der Waals surface area contributed by atoms with E-state index in [1.54, 1.807) is 30.5 Å². The third-order valence-corrected chi connectivity index (χ3v) is 8.83. The van der Waals surface area contributed by atoms with E-state index in [0.29, 0.717) is 11.4 Å². The highest BCUT2D eigenvalue weighted by Gasteiger charge is 2.22. The molecule has 0 spiro atoms. The first-order valence-corrected chi connectivity index (χ1v) is 15.2. The van der Waals surface area contributed by atoms with Gasteiger partial charge in [0.15, 0.2) is 0 Å². The largest absolute Gasteiger partial charge is 0.341 e. The van der Waals surface area contributed by atoms with Crippen LogP contribution in [-0.4, -0.2) is 68.7 Å². The third kappa shape index (κ3) is 7.23. The summed E-state index contributed by atoms with van der Waals surface area (Å²) in [6.07, 6.45) is 4.29. The third-order valence-electron chi connectivity index (χ3n) is 7.29. The van der Waals surface area contributed by atoms with E-state index in [2.05, 4.69) is 42.4 Å². The number of sulfonamides is 1. The van der Waals surface area contributed by atoms with E-state index >= 15 is 0 Å². The minimum Gasteiger partial charge on any atom is -0.341 e. The Morgan fingerprint density at radius 2 is 1.82 bits per heavy atom. The van der Waals surface area contributed by atoms with Crippen LogP contribution in [0.15, 0.2) is 64.5 Å². The average molecular weight is 564 g/mol. The van der Waals surface area contributed by atoms with Gasteiger partial charge in [0.1, 0.15) is 5.82 Å². The van der Waals surface area contributed by atoms with Crippen LogP contribution < -0.4 is 21.1 Å². The molecule has 10 nitrogen and oxygen atoms in total. The van der Waals surface area contributed by atoms with E-state index in [1.165, 1.54) is 12.5 Å². The van der Waals surface area contributed by atoms with Crippen molar-refractivity contribution in [3.05, 3.63) is 65.7 Å². The number of anilines is 1. The van der Waals surface area contributed by atoms with Gasteiger partial charge in [-0.3, -0.25) is 14.7 Å². The van der Waals surface area contributed by atoms with E-state index in [0.717, 1.165) is 68.9 Å². The first-order chi connectivity index (χ1) is 19.2. The van der Waals surface area contributed by atoms with Crippen molar-refractivity contribution in [1.82, 2.24) is 19.9 Å². The normalized spacial score (nSPS) is 18.9. The molecule has 212 valence electrons. The SMILES string of the molecule is CC(=O)Nc1[nH]c(-c2ccc(S(=O)(=O)NC3CCNCC3)cc2)cc1C=Nc1ccc(CN2CC[C@@H](N)C2)cc1. The van der Waals surface area contributed by atoms with Crippen LogP contribution in [0.1, 0.15) is 37.3 Å². The van der Waals surface area contributed by atoms with Crippen LogP contribution >= 0.6 is 0 Å². The zero-order valence-electron chi connectivity index (χ0n) is 22.7. The van der Waals surface area contributed by atoms with Crippen LogP contribution in [0.5, 0.6) is 0 Å². The summed E-state index contributed by atoms with van der Waals surface area (Å²) >= 11 is 0. The molecular weight excluding hydrogens is 526 g/mol. The van der Waals surface area contributed by atoms with Gasteiger partial charge in [-0.1, -0.05) is 24.3 Å². The van der Waals surface area contributed by atoms with Gasteiger partial charge in [0.05, 0.1) is 10.6 Å². The van der Waals surface area contributed by atoms with E-state index in [-0.39, 0.29) is 22.9 Å². The first-order valence-electron chi connectivity index (χ1n) is 13.7. The van der Waals surface area contributed by atoms with Gasteiger partial charge in [0.25, 0.3) is 0 Å². The Balaban J connectivity index is 1.29. The van der Waals surface area contributed by atoms with Crippen LogP contribution in [-0.2, 0) is 21.4 Å². The number of nitrogens with one attached hydrogen (secondary N) is 4. The minimum absolute atomic E-state index is 0.0587. The van der Waals surface area contributed by atoms with Crippen LogP contribution in [0.4, 0.5) is 11.5 Å². The quantitative estimate of drug-likeness (QED) is 0.253. The zero-order chi connectivity index (χ0) is 28.1. The molecule has 1 amide bonds. The van der Waals surface area contributed by atoms with Gasteiger partial charge in [-0.05, 0) is 73.8 Å². The molecule has 2 aromatic carbocycles. The molecule has 0 saturated carbocycles. The molecule has 5 rings (SSSR count). The number of hydrogen-bond donors (Lipinski definition) is 5. The highest BCUT2D eigenvalue weighted by atomic mass is 32.2. The lowest BCUT2D eigenvalue weighted by Crippen LogP contribution is -2.42. The van der Waals surface area contributed by atoms with E-state index in [9.17, 15) is 13.2 Å². The lowest BCUT2D eigenvalue weighted by atomic mass is 10.1. The second-order valence-electron chi connectivity index (χ2n) is 10.6. The summed E-state index contributed by atoms with van der Waals surface area (Å²) in [7, 11) is -3.60. The molecule has 0 unspecified atom stereocenters. The van der Waals surface area contributed by atoms with Crippen molar-refractivity contribution < 1.29 is 13.2 Å². The number of nitrogens with zero attached hydrogens (tertiary/aromatic N) is 2. The Morgan fingerprint density at radius 3 is 2.48 bits per heavy atom. The maximum atomic E-state index is 12.9. The van der Waals surface area contributed by atoms with Crippen molar-refractivity contribution in [1.29, 1.82) is 0 Å². The zero-order valence-corrected chi connectivity index (χ0v) is 23.5. The van der Waals surface area contributed by atoms with Crippen molar-refractivity contribution in [2.24, 2.45) is 10.7 Å². The number of H-pyrrole nitrogens is 1. The molecule has 6 N–H and O–H groups in total. The second-order valence-corrected chi connectivity index (χ2v) is 12.3. The second kappa shape index (κ2) is 12.4.